The van der Waals surface area contributed by atoms with Gasteiger partial charge in [-0.05, 0) is 36.1 Å². The Bertz CT molecular complexity index is 729. The second kappa shape index (κ2) is 7.62. The topological polar surface area (TPSA) is 45.2 Å². The molecule has 3 rings (SSSR count). The van der Waals surface area contributed by atoms with Crippen LogP contribution in [0.15, 0.2) is 29.6 Å². The molecule has 134 valence electrons. The van der Waals surface area contributed by atoms with Crippen molar-refractivity contribution in [2.45, 2.75) is 33.4 Å². The zero-order chi connectivity index (χ0) is 18.0. The summed E-state index contributed by atoms with van der Waals surface area (Å²) in [7, 11) is 0. The smallest absolute Gasteiger partial charge is 0.217 e. The number of carbonyl (C=O) groups excluding carboxylic acids is 1. The van der Waals surface area contributed by atoms with Gasteiger partial charge in [0.2, 0.25) is 5.91 Å². The molecule has 0 radical (unpaired) electrons. The van der Waals surface area contributed by atoms with Gasteiger partial charge in [0.1, 0.15) is 10.8 Å². The quantitative estimate of drug-likeness (QED) is 0.886. The maximum Gasteiger partial charge on any atom is 0.217 e. The van der Waals surface area contributed by atoms with Crippen molar-refractivity contribution in [1.82, 2.24) is 15.2 Å². The average molecular weight is 361 g/mol. The van der Waals surface area contributed by atoms with E-state index in [-0.39, 0.29) is 17.8 Å². The normalized spacial score (nSPS) is 21.0. The molecule has 1 N–H and O–H groups in total. The molecule has 1 fully saturated rings. The van der Waals surface area contributed by atoms with E-state index in [9.17, 15) is 9.18 Å². The molecule has 2 heterocycles. The van der Waals surface area contributed by atoms with Gasteiger partial charge in [-0.1, -0.05) is 13.8 Å². The van der Waals surface area contributed by atoms with Crippen LogP contribution in [-0.4, -0.2) is 34.9 Å². The summed E-state index contributed by atoms with van der Waals surface area (Å²) in [6, 6.07) is 6.63. The van der Waals surface area contributed by atoms with Crippen LogP contribution in [0.4, 0.5) is 4.39 Å². The summed E-state index contributed by atoms with van der Waals surface area (Å²) in [5, 5.41) is 6.16. The predicted molar refractivity (Wildman–Crippen MR) is 98.7 cm³/mol. The SMILES string of the molecule is CC(=O)N[C@@H]1CN(Cc2nc(-c3ccc(F)cc3)cs2)C[C@H]1C(C)C. The maximum atomic E-state index is 13.1. The van der Waals surface area contributed by atoms with Gasteiger partial charge in [0.05, 0.1) is 12.2 Å². The first-order valence-electron chi connectivity index (χ1n) is 8.62. The van der Waals surface area contributed by atoms with E-state index < -0.39 is 0 Å². The minimum Gasteiger partial charge on any atom is -0.352 e. The van der Waals surface area contributed by atoms with Crippen molar-refractivity contribution in [3.63, 3.8) is 0 Å². The first-order chi connectivity index (χ1) is 11.9. The van der Waals surface area contributed by atoms with Gasteiger partial charge >= 0.3 is 0 Å². The Balaban J connectivity index is 1.66. The molecule has 0 saturated carbocycles. The highest BCUT2D eigenvalue weighted by Crippen LogP contribution is 2.28. The number of halogens is 1. The summed E-state index contributed by atoms with van der Waals surface area (Å²) >= 11 is 1.63. The summed E-state index contributed by atoms with van der Waals surface area (Å²) < 4.78 is 13.1. The van der Waals surface area contributed by atoms with Crippen LogP contribution in [0.1, 0.15) is 25.8 Å². The highest BCUT2D eigenvalue weighted by molar-refractivity contribution is 7.09. The van der Waals surface area contributed by atoms with Crippen LogP contribution in [0.3, 0.4) is 0 Å². The molecule has 1 aromatic heterocycles. The van der Waals surface area contributed by atoms with Gasteiger partial charge in [-0.3, -0.25) is 9.69 Å². The fourth-order valence-electron chi connectivity index (χ4n) is 3.46. The van der Waals surface area contributed by atoms with Gasteiger partial charge in [0.15, 0.2) is 0 Å². The third-order valence-electron chi connectivity index (χ3n) is 4.74. The molecule has 1 saturated heterocycles. The van der Waals surface area contributed by atoms with Crippen LogP contribution < -0.4 is 5.32 Å². The summed E-state index contributed by atoms with van der Waals surface area (Å²) in [6.07, 6.45) is 0. The van der Waals surface area contributed by atoms with Crippen LogP contribution >= 0.6 is 11.3 Å². The predicted octanol–water partition coefficient (Wildman–Crippen LogP) is 3.54. The van der Waals surface area contributed by atoms with Crippen molar-refractivity contribution >= 4 is 17.2 Å². The lowest BCUT2D eigenvalue weighted by atomic mass is 9.91. The van der Waals surface area contributed by atoms with Crippen molar-refractivity contribution in [3.05, 3.63) is 40.5 Å². The van der Waals surface area contributed by atoms with Crippen LogP contribution in [0.25, 0.3) is 11.3 Å². The van der Waals surface area contributed by atoms with Gasteiger partial charge in [0, 0.05) is 37.0 Å². The lowest BCUT2D eigenvalue weighted by Crippen LogP contribution is -2.40. The van der Waals surface area contributed by atoms with Crippen LogP contribution in [0, 0.1) is 17.7 Å². The molecule has 1 amide bonds. The van der Waals surface area contributed by atoms with Crippen LogP contribution in [0.2, 0.25) is 0 Å². The Hall–Kier alpha value is -1.79. The molecule has 1 aliphatic heterocycles. The average Bonchev–Trinajstić information content (AvgIpc) is 3.15. The number of amides is 1. The molecule has 2 atom stereocenters. The number of hydrogen-bond donors (Lipinski definition) is 1. The Labute approximate surface area is 152 Å². The van der Waals surface area contributed by atoms with E-state index in [1.54, 1.807) is 30.4 Å². The Morgan fingerprint density at radius 1 is 1.36 bits per heavy atom. The molecular formula is C19H24FN3OS. The summed E-state index contributed by atoms with van der Waals surface area (Å²) in [5.74, 6) is 0.777. The standard InChI is InChI=1S/C19H24FN3OS/c1-12(2)16-8-23(9-17(16)21-13(3)24)10-19-22-18(11-25-19)14-4-6-15(20)7-5-14/h4-7,11-12,16-17H,8-10H2,1-3H3,(H,21,24)/t16-,17+/m0/s1. The number of nitrogens with one attached hydrogen (secondary N) is 1. The van der Waals surface area contributed by atoms with Crippen LogP contribution in [0.5, 0.6) is 0 Å². The van der Waals surface area contributed by atoms with E-state index >= 15 is 0 Å². The van der Waals surface area contributed by atoms with Crippen molar-refractivity contribution < 1.29 is 9.18 Å². The monoisotopic (exact) mass is 361 g/mol. The molecule has 1 aromatic carbocycles. The largest absolute Gasteiger partial charge is 0.352 e. The molecule has 0 aliphatic carbocycles. The minimum atomic E-state index is -0.236. The number of carbonyl (C=O) groups is 1. The fraction of sp³-hybridized carbons (Fsp3) is 0.474. The number of hydrogen-bond acceptors (Lipinski definition) is 4. The van der Waals surface area contributed by atoms with Crippen molar-refractivity contribution in [2.75, 3.05) is 13.1 Å². The maximum absolute atomic E-state index is 13.1. The van der Waals surface area contributed by atoms with E-state index in [0.29, 0.717) is 11.8 Å². The van der Waals surface area contributed by atoms with Crippen molar-refractivity contribution in [1.29, 1.82) is 0 Å². The van der Waals surface area contributed by atoms with E-state index in [2.05, 4.69) is 24.1 Å². The Morgan fingerprint density at radius 2 is 2.08 bits per heavy atom. The molecule has 0 bridgehead atoms. The number of rotatable bonds is 5. The third-order valence-corrected chi connectivity index (χ3v) is 5.57. The number of likely N-dealkylation sites (tertiary alicyclic amines) is 1. The van der Waals surface area contributed by atoms with Crippen molar-refractivity contribution in [2.24, 2.45) is 11.8 Å². The Morgan fingerprint density at radius 3 is 2.72 bits per heavy atom. The van der Waals surface area contributed by atoms with Crippen molar-refractivity contribution in [3.8, 4) is 11.3 Å². The highest BCUT2D eigenvalue weighted by atomic mass is 32.1. The van der Waals surface area contributed by atoms with E-state index in [4.69, 9.17) is 4.98 Å². The van der Waals surface area contributed by atoms with Gasteiger partial charge in [-0.25, -0.2) is 9.37 Å². The number of benzene rings is 1. The van der Waals surface area contributed by atoms with Gasteiger partial charge in [0.25, 0.3) is 0 Å². The fourth-order valence-corrected chi connectivity index (χ4v) is 4.30. The highest BCUT2D eigenvalue weighted by Gasteiger charge is 2.35. The molecule has 2 aromatic rings. The first-order valence-corrected chi connectivity index (χ1v) is 9.50. The summed E-state index contributed by atoms with van der Waals surface area (Å²) in [5.41, 5.74) is 1.82. The second-order valence-electron chi connectivity index (χ2n) is 7.04. The zero-order valence-electron chi connectivity index (χ0n) is 14.8. The molecule has 25 heavy (non-hydrogen) atoms. The lowest BCUT2D eigenvalue weighted by molar-refractivity contribution is -0.119. The molecule has 0 spiro atoms. The Kier molecular flexibility index (Phi) is 5.49. The minimum absolute atomic E-state index is 0.0327. The number of nitrogens with zero attached hydrogens (tertiary/aromatic N) is 2. The first kappa shape index (κ1) is 18.0. The summed E-state index contributed by atoms with van der Waals surface area (Å²) in [6.45, 7) is 8.60. The second-order valence-corrected chi connectivity index (χ2v) is 7.99. The summed E-state index contributed by atoms with van der Waals surface area (Å²) in [4.78, 5) is 18.5. The number of aromatic nitrogens is 1. The lowest BCUT2D eigenvalue weighted by Gasteiger charge is -2.22. The molecule has 1 aliphatic rings. The van der Waals surface area contributed by atoms with E-state index in [1.807, 2.05) is 5.38 Å². The van der Waals surface area contributed by atoms with Gasteiger partial charge in [-0.15, -0.1) is 11.3 Å². The molecule has 4 nitrogen and oxygen atoms in total. The van der Waals surface area contributed by atoms with E-state index in [1.165, 1.54) is 12.1 Å². The molecular weight excluding hydrogens is 337 g/mol. The number of thiazole rings is 1. The van der Waals surface area contributed by atoms with Crippen LogP contribution in [-0.2, 0) is 11.3 Å². The van der Waals surface area contributed by atoms with E-state index in [0.717, 1.165) is 35.9 Å². The van der Waals surface area contributed by atoms with Gasteiger partial charge in [-0.2, -0.15) is 0 Å². The zero-order valence-corrected chi connectivity index (χ0v) is 15.6. The molecule has 6 heteroatoms. The van der Waals surface area contributed by atoms with Gasteiger partial charge < -0.3 is 5.32 Å². The molecule has 0 unspecified atom stereocenters. The third kappa shape index (κ3) is 4.44.